The molecule has 1 amide bonds. The van der Waals surface area contributed by atoms with Gasteiger partial charge in [-0.2, -0.15) is 9.97 Å². The summed E-state index contributed by atoms with van der Waals surface area (Å²) in [5.74, 6) is 0.355. The fourth-order valence-electron chi connectivity index (χ4n) is 8.14. The SMILES string of the molecule is Cc1cc(Cl)c2nc(-c3nc(-c4cc(Cl)c(OC5CCC(=O)C(C)(F)C5)cc4Cl)no3)cn2c1.Cc1cc(Cl)c2nc(-c3nc(-c4cc(Cl)c(OC5CN(C)C(=O)C(C)(F)C5)cc4Cl)no3)cn2c1. The first-order valence-electron chi connectivity index (χ1n) is 21.1. The van der Waals surface area contributed by atoms with E-state index in [2.05, 4.69) is 30.2 Å². The van der Waals surface area contributed by atoms with Gasteiger partial charge in [0.15, 0.2) is 28.4 Å². The van der Waals surface area contributed by atoms with Crippen LogP contribution in [0, 0.1) is 13.8 Å². The first kappa shape index (κ1) is 48.5. The van der Waals surface area contributed by atoms with E-state index in [1.54, 1.807) is 33.3 Å². The van der Waals surface area contributed by atoms with Gasteiger partial charge in [-0.15, -0.1) is 0 Å². The number of carbonyl (C=O) groups excluding carboxylic acids is 2. The van der Waals surface area contributed by atoms with Gasteiger partial charge in [0.1, 0.15) is 35.1 Å². The molecule has 10 rings (SSSR count). The molecule has 23 heteroatoms. The van der Waals surface area contributed by atoms with E-state index in [1.165, 1.54) is 37.9 Å². The fourth-order valence-corrected chi connectivity index (χ4v) is 9.66. The Morgan fingerprint density at radius 1 is 0.623 bits per heavy atom. The van der Waals surface area contributed by atoms with Crippen LogP contribution in [0.5, 0.6) is 11.5 Å². The summed E-state index contributed by atoms with van der Waals surface area (Å²) in [6, 6.07) is 9.76. The van der Waals surface area contributed by atoms with Crippen LogP contribution in [-0.4, -0.2) is 92.8 Å². The van der Waals surface area contributed by atoms with Gasteiger partial charge in [0.25, 0.3) is 17.7 Å². The summed E-state index contributed by atoms with van der Waals surface area (Å²) < 4.78 is 55.2. The van der Waals surface area contributed by atoms with Gasteiger partial charge in [-0.05, 0) is 69.5 Å². The third-order valence-corrected chi connectivity index (χ3v) is 13.2. The van der Waals surface area contributed by atoms with Gasteiger partial charge in [-0.1, -0.05) is 79.9 Å². The Morgan fingerprint density at radius 2 is 1.09 bits per heavy atom. The highest BCUT2D eigenvalue weighted by Crippen LogP contribution is 2.41. The molecule has 0 radical (unpaired) electrons. The number of aryl methyl sites for hydroxylation is 2. The first-order chi connectivity index (χ1) is 32.6. The summed E-state index contributed by atoms with van der Waals surface area (Å²) in [5.41, 5.74) is 0.905. The molecule has 0 bridgehead atoms. The predicted octanol–water partition coefficient (Wildman–Crippen LogP) is 12.2. The Balaban J connectivity index is 0.000000172. The molecule has 2 aromatic carbocycles. The number of nitrogens with zero attached hydrogens (tertiary/aromatic N) is 9. The lowest BCUT2D eigenvalue weighted by Gasteiger charge is -2.37. The van der Waals surface area contributed by atoms with E-state index in [1.807, 2.05) is 38.4 Å². The molecule has 1 aliphatic carbocycles. The van der Waals surface area contributed by atoms with E-state index in [0.717, 1.165) is 11.1 Å². The molecule has 8 aromatic rings. The van der Waals surface area contributed by atoms with Crippen molar-refractivity contribution < 1.29 is 36.9 Å². The highest BCUT2D eigenvalue weighted by Gasteiger charge is 2.44. The van der Waals surface area contributed by atoms with Gasteiger partial charge in [0.05, 0.1) is 36.7 Å². The van der Waals surface area contributed by atoms with E-state index in [0.29, 0.717) is 56.0 Å². The van der Waals surface area contributed by atoms with Crippen LogP contribution >= 0.6 is 69.6 Å². The number of likely N-dealkylation sites (tertiary alicyclic amines) is 1. The third kappa shape index (κ3) is 9.95. The number of aromatic nitrogens is 8. The number of halogens is 8. The Labute approximate surface area is 421 Å². The number of hydrogen-bond donors (Lipinski definition) is 0. The minimum absolute atomic E-state index is 0.0434. The minimum atomic E-state index is -2.02. The topological polar surface area (TPSA) is 168 Å². The quantitative estimate of drug-likeness (QED) is 0.141. The number of alkyl halides is 2. The van der Waals surface area contributed by atoms with E-state index in [-0.39, 0.29) is 75.1 Å². The van der Waals surface area contributed by atoms with Crippen molar-refractivity contribution in [2.24, 2.45) is 0 Å². The van der Waals surface area contributed by atoms with Gasteiger partial charge >= 0.3 is 0 Å². The summed E-state index contributed by atoms with van der Waals surface area (Å²) in [6.45, 7) is 6.60. The van der Waals surface area contributed by atoms with Crippen molar-refractivity contribution in [1.29, 1.82) is 0 Å². The van der Waals surface area contributed by atoms with Crippen LogP contribution in [0.25, 0.3) is 57.2 Å². The third-order valence-electron chi connectivity index (χ3n) is 11.5. The smallest absolute Gasteiger partial charge is 0.278 e. The molecule has 2 aliphatic rings. The molecule has 0 N–H and O–H groups in total. The highest BCUT2D eigenvalue weighted by molar-refractivity contribution is 6.37. The Hall–Kier alpha value is -5.56. The van der Waals surface area contributed by atoms with Gasteiger partial charge < -0.3 is 32.2 Å². The van der Waals surface area contributed by atoms with Gasteiger partial charge in [0, 0.05) is 74.4 Å². The second kappa shape index (κ2) is 18.6. The second-order valence-electron chi connectivity index (χ2n) is 17.2. The van der Waals surface area contributed by atoms with Crippen molar-refractivity contribution in [3.05, 3.63) is 102 Å². The monoisotopic (exact) mass is 1060 g/mol. The maximum Gasteiger partial charge on any atom is 0.278 e. The molecule has 358 valence electrons. The predicted molar refractivity (Wildman–Crippen MR) is 256 cm³/mol. The van der Waals surface area contributed by atoms with Crippen LogP contribution in [0.3, 0.4) is 0 Å². The summed E-state index contributed by atoms with van der Waals surface area (Å²) in [7, 11) is 1.53. The summed E-state index contributed by atoms with van der Waals surface area (Å²) in [5, 5.41) is 10.0. The lowest BCUT2D eigenvalue weighted by Crippen LogP contribution is -2.54. The van der Waals surface area contributed by atoms with E-state index in [4.69, 9.17) is 88.1 Å². The molecule has 4 atom stereocenters. The van der Waals surface area contributed by atoms with E-state index < -0.39 is 35.2 Å². The summed E-state index contributed by atoms with van der Waals surface area (Å²) in [6.07, 6.45) is 6.55. The Bertz CT molecular complexity index is 3340. The van der Waals surface area contributed by atoms with Crippen LogP contribution in [0.2, 0.25) is 30.1 Å². The molecule has 1 saturated carbocycles. The summed E-state index contributed by atoms with van der Waals surface area (Å²) in [4.78, 5) is 42.7. The number of ketones is 1. The molecule has 4 unspecified atom stereocenters. The first-order valence-corrected chi connectivity index (χ1v) is 23.4. The number of carbonyl (C=O) groups is 2. The number of pyridine rings is 2. The molecule has 69 heavy (non-hydrogen) atoms. The zero-order valence-corrected chi connectivity index (χ0v) is 41.5. The number of Topliss-reactive ketones (excluding diaryl/α,β-unsaturated/α-hetero) is 1. The Morgan fingerprint density at radius 3 is 1.55 bits per heavy atom. The van der Waals surface area contributed by atoms with Crippen molar-refractivity contribution in [3.63, 3.8) is 0 Å². The van der Waals surface area contributed by atoms with Crippen LogP contribution in [-0.2, 0) is 9.59 Å². The van der Waals surface area contributed by atoms with Crippen molar-refractivity contribution in [2.75, 3.05) is 13.6 Å². The van der Waals surface area contributed by atoms with Crippen LogP contribution in [0.15, 0.2) is 70.2 Å². The number of fused-ring (bicyclic) bond motifs is 2. The number of likely N-dealkylation sites (N-methyl/N-ethyl adjacent to an activating group) is 1. The summed E-state index contributed by atoms with van der Waals surface area (Å²) >= 11 is 38.4. The van der Waals surface area contributed by atoms with Crippen molar-refractivity contribution in [3.8, 4) is 57.4 Å². The zero-order chi connectivity index (χ0) is 49.3. The van der Waals surface area contributed by atoms with Crippen LogP contribution in [0.1, 0.15) is 50.7 Å². The Kier molecular flexibility index (Phi) is 13.1. The van der Waals surface area contributed by atoms with Crippen LogP contribution in [0.4, 0.5) is 8.78 Å². The molecule has 1 aliphatic heterocycles. The molecular formula is C46H37Cl6F2N9O6. The number of rotatable bonds is 8. The van der Waals surface area contributed by atoms with Crippen molar-refractivity contribution in [1.82, 2.24) is 44.0 Å². The average molecular weight is 1060 g/mol. The normalized spacial score (nSPS) is 20.7. The van der Waals surface area contributed by atoms with Crippen molar-refractivity contribution >= 4 is 92.6 Å². The van der Waals surface area contributed by atoms with Crippen LogP contribution < -0.4 is 9.47 Å². The molecule has 7 heterocycles. The minimum Gasteiger partial charge on any atom is -0.489 e. The molecule has 15 nitrogen and oxygen atoms in total. The lowest BCUT2D eigenvalue weighted by molar-refractivity contribution is -0.150. The van der Waals surface area contributed by atoms with Gasteiger partial charge in [-0.25, -0.2) is 18.7 Å². The van der Waals surface area contributed by atoms with E-state index in [9.17, 15) is 18.4 Å². The molecule has 2 fully saturated rings. The molecule has 1 saturated heterocycles. The molecular weight excluding hydrogens is 1030 g/mol. The van der Waals surface area contributed by atoms with Gasteiger partial charge in [-0.3, -0.25) is 9.59 Å². The largest absolute Gasteiger partial charge is 0.489 e. The molecule has 0 spiro atoms. The average Bonchev–Trinajstić information content (AvgIpc) is 4.10. The number of hydrogen-bond acceptors (Lipinski definition) is 12. The lowest BCUT2D eigenvalue weighted by atomic mass is 9.85. The molecule has 6 aromatic heterocycles. The maximum atomic E-state index is 14.6. The number of imidazole rings is 2. The fraction of sp³-hybridized carbons (Fsp3) is 0.304. The number of amides is 1. The standard InChI is InChI=1S/C23H19Cl3FN5O3.C23H18Cl3FN4O3/c1-11-4-16(26)20-28-17(10-32(20)8-11)21-29-19(30-35-21)13-5-15(25)18(6-14(13)24)34-12-7-23(2,27)22(33)31(3)9-12;1-11-5-16(26)21-28-17(10-31(21)9-11)22-29-20(30-34-22)13-6-15(25)18(7-14(13)24)33-12-3-4-19(32)23(2,27)8-12/h4-6,8,10,12H,7,9H2,1-3H3;5-7,9-10,12H,3-4,8H2,1-2H3. The maximum absolute atomic E-state index is 14.6. The van der Waals surface area contributed by atoms with Crippen molar-refractivity contribution in [2.45, 2.75) is 76.9 Å². The second-order valence-corrected chi connectivity index (χ2v) is 19.7. The highest BCUT2D eigenvalue weighted by atomic mass is 35.5. The van der Waals surface area contributed by atoms with Gasteiger partial charge in [0.2, 0.25) is 11.6 Å². The number of benzene rings is 2. The zero-order valence-electron chi connectivity index (χ0n) is 37.0. The number of piperidine rings is 1. The number of ether oxygens (including phenoxy) is 2. The van der Waals surface area contributed by atoms with E-state index >= 15 is 0 Å².